The SMILES string of the molecule is CC(C)CNS(=O)(=O)c1ccc(CN)cc1Br. The van der Waals surface area contributed by atoms with E-state index in [0.29, 0.717) is 17.6 Å². The first kappa shape index (κ1) is 14.6. The average molecular weight is 321 g/mol. The molecule has 0 unspecified atom stereocenters. The van der Waals surface area contributed by atoms with E-state index in [1.54, 1.807) is 18.2 Å². The van der Waals surface area contributed by atoms with Gasteiger partial charge in [-0.25, -0.2) is 13.1 Å². The van der Waals surface area contributed by atoms with Crippen molar-refractivity contribution in [3.8, 4) is 0 Å². The molecular formula is C11H17BrN2O2S. The molecular weight excluding hydrogens is 304 g/mol. The normalized spacial score (nSPS) is 12.1. The van der Waals surface area contributed by atoms with E-state index >= 15 is 0 Å². The first-order valence-electron chi connectivity index (χ1n) is 5.35. The molecule has 0 spiro atoms. The maximum absolute atomic E-state index is 12.0. The summed E-state index contributed by atoms with van der Waals surface area (Å²) >= 11 is 3.26. The molecule has 0 heterocycles. The highest BCUT2D eigenvalue weighted by atomic mass is 79.9. The van der Waals surface area contributed by atoms with Crippen LogP contribution in [0.25, 0.3) is 0 Å². The fraction of sp³-hybridized carbons (Fsp3) is 0.455. The van der Waals surface area contributed by atoms with Gasteiger partial charge in [0.25, 0.3) is 0 Å². The molecule has 17 heavy (non-hydrogen) atoms. The van der Waals surface area contributed by atoms with Crippen molar-refractivity contribution in [1.29, 1.82) is 0 Å². The molecule has 0 aliphatic rings. The number of benzene rings is 1. The van der Waals surface area contributed by atoms with Gasteiger partial charge in [-0.3, -0.25) is 0 Å². The molecule has 3 N–H and O–H groups in total. The van der Waals surface area contributed by atoms with Gasteiger partial charge in [0.2, 0.25) is 10.0 Å². The molecule has 0 atom stereocenters. The van der Waals surface area contributed by atoms with Crippen LogP contribution < -0.4 is 10.5 Å². The van der Waals surface area contributed by atoms with E-state index < -0.39 is 10.0 Å². The summed E-state index contributed by atoms with van der Waals surface area (Å²) in [5.74, 6) is 0.270. The van der Waals surface area contributed by atoms with Gasteiger partial charge < -0.3 is 5.73 Å². The summed E-state index contributed by atoms with van der Waals surface area (Å²) in [6, 6.07) is 5.01. The lowest BCUT2D eigenvalue weighted by Crippen LogP contribution is -2.27. The van der Waals surface area contributed by atoms with Crippen molar-refractivity contribution < 1.29 is 8.42 Å². The van der Waals surface area contributed by atoms with Gasteiger partial charge in [-0.15, -0.1) is 0 Å². The fourth-order valence-corrected chi connectivity index (χ4v) is 3.58. The highest BCUT2D eigenvalue weighted by molar-refractivity contribution is 9.10. The first-order valence-corrected chi connectivity index (χ1v) is 7.62. The van der Waals surface area contributed by atoms with Gasteiger partial charge in [-0.2, -0.15) is 0 Å². The van der Waals surface area contributed by atoms with Crippen molar-refractivity contribution in [1.82, 2.24) is 4.72 Å². The highest BCUT2D eigenvalue weighted by Crippen LogP contribution is 2.23. The summed E-state index contributed by atoms with van der Waals surface area (Å²) in [6.07, 6.45) is 0. The van der Waals surface area contributed by atoms with Gasteiger partial charge >= 0.3 is 0 Å². The summed E-state index contributed by atoms with van der Waals surface area (Å²) in [4.78, 5) is 0.246. The van der Waals surface area contributed by atoms with Crippen molar-refractivity contribution >= 4 is 26.0 Å². The Morgan fingerprint density at radius 1 is 1.41 bits per heavy atom. The van der Waals surface area contributed by atoms with Crippen molar-refractivity contribution in [3.05, 3.63) is 28.2 Å². The predicted octanol–water partition coefficient (Wildman–Crippen LogP) is 1.84. The van der Waals surface area contributed by atoms with E-state index in [4.69, 9.17) is 5.73 Å². The zero-order chi connectivity index (χ0) is 13.1. The maximum Gasteiger partial charge on any atom is 0.241 e. The van der Waals surface area contributed by atoms with Crippen LogP contribution in [-0.2, 0) is 16.6 Å². The van der Waals surface area contributed by atoms with Crippen LogP contribution in [0, 0.1) is 5.92 Å². The molecule has 1 rings (SSSR count). The molecule has 6 heteroatoms. The Balaban J connectivity index is 2.99. The lowest BCUT2D eigenvalue weighted by atomic mass is 10.2. The third-order valence-corrected chi connectivity index (χ3v) is 4.60. The molecule has 0 saturated carbocycles. The number of sulfonamides is 1. The van der Waals surface area contributed by atoms with Crippen LogP contribution in [0.5, 0.6) is 0 Å². The second-order valence-corrected chi connectivity index (χ2v) is 6.80. The number of rotatable bonds is 5. The Kier molecular flexibility index (Phi) is 5.12. The van der Waals surface area contributed by atoms with Gasteiger partial charge in [0.05, 0.1) is 4.90 Å². The molecule has 0 aliphatic carbocycles. The molecule has 0 fully saturated rings. The molecule has 0 amide bonds. The van der Waals surface area contributed by atoms with E-state index in [0.717, 1.165) is 5.56 Å². The van der Waals surface area contributed by atoms with Crippen LogP contribution in [0.4, 0.5) is 0 Å². The number of halogens is 1. The average Bonchev–Trinajstić information content (AvgIpc) is 2.26. The fourth-order valence-electron chi connectivity index (χ4n) is 1.24. The Hall–Kier alpha value is -0.430. The molecule has 4 nitrogen and oxygen atoms in total. The molecule has 1 aromatic rings. The summed E-state index contributed by atoms with van der Waals surface area (Å²) in [7, 11) is -3.45. The Morgan fingerprint density at radius 3 is 2.53 bits per heavy atom. The maximum atomic E-state index is 12.0. The topological polar surface area (TPSA) is 72.2 Å². The van der Waals surface area contributed by atoms with Crippen molar-refractivity contribution in [2.24, 2.45) is 11.7 Å². The molecule has 0 aliphatic heterocycles. The van der Waals surface area contributed by atoms with E-state index in [-0.39, 0.29) is 10.8 Å². The van der Waals surface area contributed by atoms with E-state index in [9.17, 15) is 8.42 Å². The van der Waals surface area contributed by atoms with Crippen LogP contribution in [0.2, 0.25) is 0 Å². The number of hydrogen-bond acceptors (Lipinski definition) is 3. The van der Waals surface area contributed by atoms with Crippen molar-refractivity contribution in [2.45, 2.75) is 25.3 Å². The Bertz CT molecular complexity index is 486. The zero-order valence-electron chi connectivity index (χ0n) is 9.90. The minimum atomic E-state index is -3.45. The quantitative estimate of drug-likeness (QED) is 0.869. The van der Waals surface area contributed by atoms with E-state index in [2.05, 4.69) is 20.7 Å². The minimum absolute atomic E-state index is 0.246. The smallest absolute Gasteiger partial charge is 0.241 e. The van der Waals surface area contributed by atoms with Gasteiger partial charge in [0.15, 0.2) is 0 Å². The van der Waals surface area contributed by atoms with Gasteiger partial charge in [-0.05, 0) is 39.5 Å². The van der Waals surface area contributed by atoms with Crippen molar-refractivity contribution in [3.63, 3.8) is 0 Å². The van der Waals surface area contributed by atoms with Gasteiger partial charge in [0.1, 0.15) is 0 Å². The second-order valence-electron chi connectivity index (χ2n) is 4.21. The summed E-state index contributed by atoms with van der Waals surface area (Å²) in [6.45, 7) is 4.72. The largest absolute Gasteiger partial charge is 0.326 e. The molecule has 96 valence electrons. The summed E-state index contributed by atoms with van der Waals surface area (Å²) in [5, 5.41) is 0. The number of nitrogens with one attached hydrogen (secondary N) is 1. The molecule has 0 saturated heterocycles. The molecule has 0 aromatic heterocycles. The number of nitrogens with two attached hydrogens (primary N) is 1. The first-order chi connectivity index (χ1) is 7.86. The summed E-state index contributed by atoms with van der Waals surface area (Å²) < 4.78 is 27.1. The monoisotopic (exact) mass is 320 g/mol. The van der Waals surface area contributed by atoms with Crippen LogP contribution in [0.3, 0.4) is 0 Å². The molecule has 0 radical (unpaired) electrons. The molecule has 0 bridgehead atoms. The van der Waals surface area contributed by atoms with Crippen LogP contribution in [0.15, 0.2) is 27.6 Å². The third-order valence-electron chi connectivity index (χ3n) is 2.20. The standard InChI is InChI=1S/C11H17BrN2O2S/c1-8(2)7-14-17(15,16)11-4-3-9(6-13)5-10(11)12/h3-5,8,14H,6-7,13H2,1-2H3. The van der Waals surface area contributed by atoms with Gasteiger partial charge in [-0.1, -0.05) is 19.9 Å². The minimum Gasteiger partial charge on any atom is -0.326 e. The van der Waals surface area contributed by atoms with E-state index in [1.165, 1.54) is 0 Å². The lowest BCUT2D eigenvalue weighted by Gasteiger charge is -2.11. The highest BCUT2D eigenvalue weighted by Gasteiger charge is 2.17. The lowest BCUT2D eigenvalue weighted by molar-refractivity contribution is 0.559. The summed E-state index contributed by atoms with van der Waals surface area (Å²) in [5.41, 5.74) is 6.38. The van der Waals surface area contributed by atoms with Crippen LogP contribution in [0.1, 0.15) is 19.4 Å². The van der Waals surface area contributed by atoms with Gasteiger partial charge in [0, 0.05) is 17.6 Å². The Morgan fingerprint density at radius 2 is 2.06 bits per heavy atom. The van der Waals surface area contributed by atoms with Crippen molar-refractivity contribution in [2.75, 3.05) is 6.54 Å². The third kappa shape index (κ3) is 4.06. The second kappa shape index (κ2) is 5.95. The van der Waals surface area contributed by atoms with E-state index in [1.807, 2.05) is 13.8 Å². The zero-order valence-corrected chi connectivity index (χ0v) is 12.3. The number of hydrogen-bond donors (Lipinski definition) is 2. The van der Waals surface area contributed by atoms with Crippen LogP contribution >= 0.6 is 15.9 Å². The van der Waals surface area contributed by atoms with Crippen LogP contribution in [-0.4, -0.2) is 15.0 Å². The predicted molar refractivity (Wildman–Crippen MR) is 72.1 cm³/mol. The Labute approximate surface area is 111 Å². The molecule has 1 aromatic carbocycles.